The van der Waals surface area contributed by atoms with Gasteiger partial charge in [-0.05, 0) is 31.2 Å². The van der Waals surface area contributed by atoms with Crippen LogP contribution in [0.2, 0.25) is 10.2 Å². The largest absolute Gasteiger partial charge is 0.324 e. The van der Waals surface area contributed by atoms with Crippen molar-refractivity contribution in [2.45, 2.75) is 6.92 Å². The summed E-state index contributed by atoms with van der Waals surface area (Å²) in [7, 11) is 0. The summed E-state index contributed by atoms with van der Waals surface area (Å²) in [5.74, 6) is 0.939. The number of fused-ring (bicyclic) bond motifs is 1. The second-order valence-corrected chi connectivity index (χ2v) is 4.85. The number of benzene rings is 1. The Morgan fingerprint density at radius 1 is 1.11 bits per heavy atom. The van der Waals surface area contributed by atoms with Gasteiger partial charge in [-0.15, -0.1) is 0 Å². The molecular weight excluding hydrogens is 285 g/mol. The molecule has 0 spiro atoms. The highest BCUT2D eigenvalue weighted by atomic mass is 35.5. The minimum absolute atomic E-state index is 0.383. The predicted octanol–water partition coefficient (Wildman–Crippen LogP) is 3.71. The molecule has 0 saturated carbocycles. The molecule has 96 valence electrons. The third-order valence-corrected chi connectivity index (χ3v) is 2.93. The highest BCUT2D eigenvalue weighted by Gasteiger charge is 2.06. The van der Waals surface area contributed by atoms with Crippen LogP contribution in [0.4, 0.5) is 11.9 Å². The van der Waals surface area contributed by atoms with E-state index in [0.717, 1.165) is 16.7 Å². The van der Waals surface area contributed by atoms with Crippen LogP contribution in [0.5, 0.6) is 0 Å². The van der Waals surface area contributed by atoms with E-state index < -0.39 is 0 Å². The molecule has 5 nitrogen and oxygen atoms in total. The lowest BCUT2D eigenvalue weighted by Crippen LogP contribution is -1.99. The van der Waals surface area contributed by atoms with Crippen molar-refractivity contribution in [3.8, 4) is 0 Å². The molecule has 0 aliphatic carbocycles. The van der Waals surface area contributed by atoms with E-state index in [4.69, 9.17) is 23.2 Å². The van der Waals surface area contributed by atoms with Gasteiger partial charge in [0, 0.05) is 10.7 Å². The zero-order valence-electron chi connectivity index (χ0n) is 9.91. The summed E-state index contributed by atoms with van der Waals surface area (Å²) in [5.41, 5.74) is 2.43. The van der Waals surface area contributed by atoms with E-state index in [1.165, 1.54) is 0 Å². The van der Waals surface area contributed by atoms with Crippen LogP contribution in [0.1, 0.15) is 5.69 Å². The fourth-order valence-electron chi connectivity index (χ4n) is 1.73. The molecule has 7 heteroatoms. The summed E-state index contributed by atoms with van der Waals surface area (Å²) in [6, 6.07) is 7.11. The van der Waals surface area contributed by atoms with Gasteiger partial charge in [-0.1, -0.05) is 23.2 Å². The number of hydrogen-bond acceptors (Lipinski definition) is 4. The van der Waals surface area contributed by atoms with Gasteiger partial charge >= 0.3 is 0 Å². The van der Waals surface area contributed by atoms with Crippen molar-refractivity contribution in [1.29, 1.82) is 0 Å². The number of imidazole rings is 1. The lowest BCUT2D eigenvalue weighted by Gasteiger charge is -2.02. The van der Waals surface area contributed by atoms with Crippen molar-refractivity contribution in [1.82, 2.24) is 19.9 Å². The van der Waals surface area contributed by atoms with Crippen LogP contribution in [0.25, 0.3) is 11.0 Å². The molecule has 0 fully saturated rings. The molecule has 3 rings (SSSR count). The summed E-state index contributed by atoms with van der Waals surface area (Å²) >= 11 is 11.8. The van der Waals surface area contributed by atoms with Gasteiger partial charge < -0.3 is 4.98 Å². The topological polar surface area (TPSA) is 66.5 Å². The van der Waals surface area contributed by atoms with Crippen LogP contribution in [-0.4, -0.2) is 19.9 Å². The Bertz CT molecular complexity index is 733. The second kappa shape index (κ2) is 4.68. The maximum absolute atomic E-state index is 5.92. The van der Waals surface area contributed by atoms with Gasteiger partial charge in [-0.3, -0.25) is 5.32 Å². The smallest absolute Gasteiger partial charge is 0.231 e. The number of halogens is 2. The number of aromatic nitrogens is 4. The maximum Gasteiger partial charge on any atom is 0.231 e. The number of anilines is 2. The maximum atomic E-state index is 5.92. The molecule has 0 amide bonds. The molecule has 19 heavy (non-hydrogen) atoms. The van der Waals surface area contributed by atoms with Gasteiger partial charge in [0.05, 0.1) is 11.0 Å². The summed E-state index contributed by atoms with van der Waals surface area (Å²) in [4.78, 5) is 15.8. The van der Waals surface area contributed by atoms with Crippen molar-refractivity contribution in [2.24, 2.45) is 0 Å². The van der Waals surface area contributed by atoms with Crippen LogP contribution in [-0.2, 0) is 0 Å². The van der Waals surface area contributed by atoms with E-state index in [1.54, 1.807) is 18.2 Å². The van der Waals surface area contributed by atoms with Crippen LogP contribution >= 0.6 is 23.2 Å². The SMILES string of the molecule is Cc1cc(Cl)nc(Nc2nc3ccc(Cl)cc3[nH]2)n1. The van der Waals surface area contributed by atoms with Crippen molar-refractivity contribution >= 4 is 46.1 Å². The highest BCUT2D eigenvalue weighted by molar-refractivity contribution is 6.31. The van der Waals surface area contributed by atoms with E-state index in [0.29, 0.717) is 22.1 Å². The Hall–Kier alpha value is -1.85. The van der Waals surface area contributed by atoms with Crippen molar-refractivity contribution < 1.29 is 0 Å². The fraction of sp³-hybridized carbons (Fsp3) is 0.0833. The summed E-state index contributed by atoms with van der Waals surface area (Å²) in [6.07, 6.45) is 0. The van der Waals surface area contributed by atoms with Crippen molar-refractivity contribution in [2.75, 3.05) is 5.32 Å². The Labute approximate surface area is 119 Å². The summed E-state index contributed by atoms with van der Waals surface area (Å²) in [5, 5.41) is 4.01. The molecule has 0 radical (unpaired) electrons. The van der Waals surface area contributed by atoms with Crippen LogP contribution in [0.3, 0.4) is 0 Å². The molecule has 0 saturated heterocycles. The summed E-state index contributed by atoms with van der Waals surface area (Å²) < 4.78 is 0. The number of aromatic amines is 1. The molecule has 0 aliphatic rings. The first-order valence-electron chi connectivity index (χ1n) is 5.53. The number of nitrogens with one attached hydrogen (secondary N) is 2. The minimum Gasteiger partial charge on any atom is -0.324 e. The highest BCUT2D eigenvalue weighted by Crippen LogP contribution is 2.20. The lowest BCUT2D eigenvalue weighted by atomic mass is 10.3. The van der Waals surface area contributed by atoms with Crippen LogP contribution < -0.4 is 5.32 Å². The molecule has 2 heterocycles. The molecular formula is C12H9Cl2N5. The average molecular weight is 294 g/mol. The standard InChI is InChI=1S/C12H9Cl2N5/c1-6-4-10(14)18-11(15-6)19-12-16-8-3-2-7(13)5-9(8)17-12/h2-5H,1H3,(H2,15,16,17,18,19). The number of nitrogens with zero attached hydrogens (tertiary/aromatic N) is 3. The quantitative estimate of drug-likeness (QED) is 0.707. The molecule has 0 aliphatic heterocycles. The predicted molar refractivity (Wildman–Crippen MR) is 76.2 cm³/mol. The second-order valence-electron chi connectivity index (χ2n) is 4.03. The minimum atomic E-state index is 0.383. The number of H-pyrrole nitrogens is 1. The van der Waals surface area contributed by atoms with Gasteiger partial charge in [0.25, 0.3) is 0 Å². The molecule has 0 unspecified atom stereocenters. The van der Waals surface area contributed by atoms with Crippen LogP contribution in [0.15, 0.2) is 24.3 Å². The van der Waals surface area contributed by atoms with Crippen LogP contribution in [0, 0.1) is 6.92 Å². The van der Waals surface area contributed by atoms with Gasteiger partial charge in [0.2, 0.25) is 11.9 Å². The van der Waals surface area contributed by atoms with E-state index in [1.807, 2.05) is 13.0 Å². The third kappa shape index (κ3) is 2.62. The first-order valence-corrected chi connectivity index (χ1v) is 6.29. The Kier molecular flexibility index (Phi) is 3.00. The Balaban J connectivity index is 1.96. The van der Waals surface area contributed by atoms with E-state index in [-0.39, 0.29) is 0 Å². The van der Waals surface area contributed by atoms with Crippen molar-refractivity contribution in [3.63, 3.8) is 0 Å². The number of aryl methyl sites for hydroxylation is 1. The van der Waals surface area contributed by atoms with Gasteiger partial charge in [-0.25, -0.2) is 15.0 Å². The normalized spacial score (nSPS) is 10.9. The van der Waals surface area contributed by atoms with Crippen molar-refractivity contribution in [3.05, 3.63) is 40.1 Å². The number of rotatable bonds is 2. The van der Waals surface area contributed by atoms with E-state index in [9.17, 15) is 0 Å². The van der Waals surface area contributed by atoms with Gasteiger partial charge in [0.15, 0.2) is 0 Å². The van der Waals surface area contributed by atoms with E-state index in [2.05, 4.69) is 25.3 Å². The number of hydrogen-bond donors (Lipinski definition) is 2. The first kappa shape index (κ1) is 12.2. The zero-order chi connectivity index (χ0) is 13.4. The summed E-state index contributed by atoms with van der Waals surface area (Å²) in [6.45, 7) is 1.84. The Morgan fingerprint density at radius 2 is 1.95 bits per heavy atom. The zero-order valence-corrected chi connectivity index (χ0v) is 11.4. The monoisotopic (exact) mass is 293 g/mol. The molecule has 0 bridgehead atoms. The van der Waals surface area contributed by atoms with Gasteiger partial charge in [0.1, 0.15) is 5.15 Å². The molecule has 1 aromatic carbocycles. The van der Waals surface area contributed by atoms with E-state index >= 15 is 0 Å². The average Bonchev–Trinajstić information content (AvgIpc) is 2.68. The first-order chi connectivity index (χ1) is 9.10. The molecule has 2 N–H and O–H groups in total. The molecule has 0 atom stereocenters. The van der Waals surface area contributed by atoms with Gasteiger partial charge in [-0.2, -0.15) is 0 Å². The fourth-order valence-corrected chi connectivity index (χ4v) is 2.14. The lowest BCUT2D eigenvalue weighted by molar-refractivity contribution is 1.09. The Morgan fingerprint density at radius 3 is 2.74 bits per heavy atom. The third-order valence-electron chi connectivity index (χ3n) is 2.50. The molecule has 3 aromatic rings. The molecule has 2 aromatic heterocycles.